The molecule has 3 saturated carbocycles. The summed E-state index contributed by atoms with van der Waals surface area (Å²) in [6.45, 7) is 22.9. The van der Waals surface area contributed by atoms with E-state index in [1.165, 1.54) is 6.33 Å². The van der Waals surface area contributed by atoms with E-state index in [2.05, 4.69) is 70.8 Å². The first kappa shape index (κ1) is 34.7. The maximum atomic E-state index is 14.9. The van der Waals surface area contributed by atoms with E-state index < -0.39 is 39.1 Å². The van der Waals surface area contributed by atoms with E-state index in [1.54, 1.807) is 4.80 Å². The van der Waals surface area contributed by atoms with Gasteiger partial charge in [-0.15, -0.1) is 10.2 Å². The lowest BCUT2D eigenvalue weighted by atomic mass is 9.34. The monoisotopic (exact) mass is 653 g/mol. The molecule has 0 spiro atoms. The van der Waals surface area contributed by atoms with Crippen LogP contribution < -0.4 is 5.73 Å². The van der Waals surface area contributed by atoms with Gasteiger partial charge in [-0.25, -0.2) is 0 Å². The standard InChI is InChI=1S/C37H59N5O5/c1-21(2)23(5)32(6)13-14-34(8)24-11-12-27-33(7)17-46-19-37(27,25(24)15-28(43)36(34,10)29(32)31(44)45)16-26(42-40-20-39-41-42)30(33)47-18-35(9,38)22(3)4/h15,20-24,26-27,29-30H,11-14,16-19,38H2,1-10H3,(H,44,45)/t23-,24+,26-,27+,29-,30+,32-,33+,34-,35?,36+,37+/m1/s1. The summed E-state index contributed by atoms with van der Waals surface area (Å²) in [4.78, 5) is 30.0. The summed E-state index contributed by atoms with van der Waals surface area (Å²) in [7, 11) is 0. The predicted octanol–water partition coefficient (Wildman–Crippen LogP) is 5.74. The molecule has 1 aromatic heterocycles. The lowest BCUT2D eigenvalue weighted by Gasteiger charge is -2.70. The summed E-state index contributed by atoms with van der Waals surface area (Å²) >= 11 is 0. The first-order chi connectivity index (χ1) is 21.8. The molecule has 262 valence electrons. The number of hydrogen-bond donors (Lipinski definition) is 2. The van der Waals surface area contributed by atoms with Gasteiger partial charge in [0, 0.05) is 21.8 Å². The number of nitrogens with two attached hydrogens (primary N) is 1. The molecule has 10 heteroatoms. The molecule has 1 unspecified atom stereocenters. The van der Waals surface area contributed by atoms with Gasteiger partial charge in [0.15, 0.2) is 12.1 Å². The Bertz CT molecular complexity index is 1430. The lowest BCUT2D eigenvalue weighted by Crippen LogP contribution is -2.70. The molecule has 0 radical (unpaired) electrons. The summed E-state index contributed by atoms with van der Waals surface area (Å²) in [5.41, 5.74) is 4.52. The largest absolute Gasteiger partial charge is 0.481 e. The molecule has 6 rings (SSSR count). The van der Waals surface area contributed by atoms with Gasteiger partial charge in [0.25, 0.3) is 0 Å². The number of tetrazole rings is 1. The third-order valence-electron chi connectivity index (χ3n) is 15.5. The van der Waals surface area contributed by atoms with Crippen LogP contribution >= 0.6 is 0 Å². The second-order valence-corrected chi connectivity index (χ2v) is 18.2. The zero-order valence-electron chi connectivity index (χ0n) is 30.4. The molecule has 0 amide bonds. The van der Waals surface area contributed by atoms with E-state index >= 15 is 0 Å². The van der Waals surface area contributed by atoms with Gasteiger partial charge in [0.2, 0.25) is 0 Å². The van der Waals surface area contributed by atoms with E-state index in [0.717, 1.165) is 31.3 Å². The van der Waals surface area contributed by atoms with E-state index in [0.29, 0.717) is 32.2 Å². The second-order valence-electron chi connectivity index (χ2n) is 18.2. The molecule has 2 bridgehead atoms. The van der Waals surface area contributed by atoms with Crippen LogP contribution in [0.5, 0.6) is 0 Å². The van der Waals surface area contributed by atoms with Crippen LogP contribution in [0, 0.1) is 62.6 Å². The summed E-state index contributed by atoms with van der Waals surface area (Å²) in [5.74, 6) is -0.682. The van der Waals surface area contributed by atoms with Crippen molar-refractivity contribution in [3.63, 3.8) is 0 Å². The number of nitrogens with zero attached hydrogens (tertiary/aromatic N) is 4. The van der Waals surface area contributed by atoms with Gasteiger partial charge >= 0.3 is 5.97 Å². The highest BCUT2D eigenvalue weighted by Gasteiger charge is 2.74. The van der Waals surface area contributed by atoms with Crippen LogP contribution in [0.4, 0.5) is 0 Å². The Kier molecular flexibility index (Phi) is 8.25. The Hall–Kier alpha value is -2.17. The van der Waals surface area contributed by atoms with Crippen LogP contribution in [0.2, 0.25) is 0 Å². The van der Waals surface area contributed by atoms with Crippen LogP contribution in [-0.2, 0) is 19.1 Å². The average Bonchev–Trinajstić information content (AvgIpc) is 3.52. The van der Waals surface area contributed by atoms with Crippen molar-refractivity contribution in [2.75, 3.05) is 19.8 Å². The summed E-state index contributed by atoms with van der Waals surface area (Å²) in [6, 6.07) is -0.227. The number of carboxylic acid groups (broad SMARTS) is 1. The van der Waals surface area contributed by atoms with Crippen molar-refractivity contribution >= 4 is 11.8 Å². The Balaban J connectivity index is 1.47. The fraction of sp³-hybridized carbons (Fsp3) is 0.865. The molecule has 1 aliphatic heterocycles. The highest BCUT2D eigenvalue weighted by Crippen LogP contribution is 2.74. The number of fused-ring (bicyclic) bond motifs is 3. The number of ketones is 1. The Morgan fingerprint density at radius 2 is 1.85 bits per heavy atom. The first-order valence-electron chi connectivity index (χ1n) is 18.0. The molecular weight excluding hydrogens is 594 g/mol. The van der Waals surface area contributed by atoms with E-state index in [4.69, 9.17) is 15.2 Å². The maximum absolute atomic E-state index is 14.9. The molecular formula is C37H59N5O5. The fourth-order valence-corrected chi connectivity index (χ4v) is 11.7. The summed E-state index contributed by atoms with van der Waals surface area (Å²) < 4.78 is 13.5. The van der Waals surface area contributed by atoms with Crippen molar-refractivity contribution in [3.8, 4) is 0 Å². The number of aliphatic carboxylic acids is 1. The van der Waals surface area contributed by atoms with Crippen LogP contribution in [0.25, 0.3) is 0 Å². The number of aromatic nitrogens is 4. The zero-order valence-corrected chi connectivity index (χ0v) is 30.4. The fourth-order valence-electron chi connectivity index (χ4n) is 11.7. The molecule has 5 aliphatic rings. The van der Waals surface area contributed by atoms with Gasteiger partial charge in [-0.1, -0.05) is 67.9 Å². The molecule has 4 fully saturated rings. The number of ether oxygens (including phenoxy) is 2. The average molecular weight is 654 g/mol. The number of carboxylic acids is 1. The van der Waals surface area contributed by atoms with Crippen molar-refractivity contribution in [1.82, 2.24) is 20.2 Å². The molecule has 12 atom stereocenters. The third kappa shape index (κ3) is 4.62. The van der Waals surface area contributed by atoms with Gasteiger partial charge in [-0.05, 0) is 90.7 Å². The molecule has 4 aliphatic carbocycles. The minimum absolute atomic E-state index is 0.0348. The van der Waals surface area contributed by atoms with E-state index in [1.807, 2.05) is 19.9 Å². The van der Waals surface area contributed by atoms with E-state index in [9.17, 15) is 14.7 Å². The molecule has 1 saturated heterocycles. The molecule has 1 aromatic rings. The summed E-state index contributed by atoms with van der Waals surface area (Å²) in [6.07, 6.45) is 7.24. The maximum Gasteiger partial charge on any atom is 0.308 e. The first-order valence-corrected chi connectivity index (χ1v) is 18.0. The quantitative estimate of drug-likeness (QED) is 0.359. The van der Waals surface area contributed by atoms with Crippen LogP contribution in [0.1, 0.15) is 107 Å². The van der Waals surface area contributed by atoms with Crippen LogP contribution in [-0.4, -0.2) is 68.5 Å². The van der Waals surface area contributed by atoms with Gasteiger partial charge < -0.3 is 20.3 Å². The van der Waals surface area contributed by atoms with Crippen molar-refractivity contribution in [3.05, 3.63) is 18.0 Å². The molecule has 0 aromatic carbocycles. The van der Waals surface area contributed by atoms with Crippen LogP contribution in [0.3, 0.4) is 0 Å². The van der Waals surface area contributed by atoms with E-state index in [-0.39, 0.29) is 47.0 Å². The second kappa shape index (κ2) is 11.2. The number of rotatable bonds is 8. The number of carbonyl (C=O) groups excluding carboxylic acids is 1. The predicted molar refractivity (Wildman–Crippen MR) is 178 cm³/mol. The highest BCUT2D eigenvalue weighted by molar-refractivity contribution is 6.00. The Labute approximate surface area is 281 Å². The minimum atomic E-state index is -1.03. The van der Waals surface area contributed by atoms with Crippen molar-refractivity contribution in [2.24, 2.45) is 68.3 Å². The normalized spacial score (nSPS) is 45.0. The molecule has 2 heterocycles. The zero-order chi connectivity index (χ0) is 34.5. The third-order valence-corrected chi connectivity index (χ3v) is 15.5. The Morgan fingerprint density at radius 1 is 1.15 bits per heavy atom. The molecule has 3 N–H and O–H groups in total. The summed E-state index contributed by atoms with van der Waals surface area (Å²) in [5, 5.41) is 24.0. The number of allylic oxidation sites excluding steroid dienone is 1. The molecule has 10 nitrogen and oxygen atoms in total. The van der Waals surface area contributed by atoms with Crippen molar-refractivity contribution in [1.29, 1.82) is 0 Å². The van der Waals surface area contributed by atoms with Gasteiger partial charge in [-0.3, -0.25) is 9.59 Å². The number of hydrogen-bond acceptors (Lipinski definition) is 8. The topological polar surface area (TPSA) is 142 Å². The lowest BCUT2D eigenvalue weighted by molar-refractivity contribution is -0.252. The van der Waals surface area contributed by atoms with Gasteiger partial charge in [0.05, 0.1) is 31.8 Å². The smallest absolute Gasteiger partial charge is 0.308 e. The minimum Gasteiger partial charge on any atom is -0.481 e. The SMILES string of the molecule is CC(C)[C@@H](C)[C@@]1(C)CC[C@]2(C)[C@H]3CC[C@@H]4[C@@]5(COC[C@]4(C)[C@@H](OCC(C)(N)C(C)C)[C@H](n4ncnn4)C5)C3=CC(=O)[C@@]2(C)[C@@H]1C(=O)O. The van der Waals surface area contributed by atoms with Gasteiger partial charge in [-0.2, -0.15) is 4.80 Å². The van der Waals surface area contributed by atoms with Crippen LogP contribution in [0.15, 0.2) is 18.0 Å². The van der Waals surface area contributed by atoms with Crippen molar-refractivity contribution < 1.29 is 24.2 Å². The van der Waals surface area contributed by atoms with Gasteiger partial charge in [0.1, 0.15) is 6.04 Å². The van der Waals surface area contributed by atoms with Crippen molar-refractivity contribution in [2.45, 2.75) is 119 Å². The Morgan fingerprint density at radius 3 is 2.45 bits per heavy atom. The highest BCUT2D eigenvalue weighted by atomic mass is 16.5. The number of carbonyl (C=O) groups is 2. The molecule has 47 heavy (non-hydrogen) atoms.